The number of anilines is 1. The Morgan fingerprint density at radius 1 is 0.758 bits per heavy atom. The molecule has 0 bridgehead atoms. The number of hydrogen-bond acceptors (Lipinski definition) is 5. The highest BCUT2D eigenvalue weighted by Gasteiger charge is 2.20. The Bertz CT molecular complexity index is 1130. The first-order valence-electron chi connectivity index (χ1n) is 11.0. The van der Waals surface area contributed by atoms with Gasteiger partial charge in [-0.05, 0) is 85.3 Å². The number of hydrogen-bond donors (Lipinski definition) is 2. The van der Waals surface area contributed by atoms with Gasteiger partial charge in [-0.2, -0.15) is 0 Å². The number of ether oxygens (including phenoxy) is 4. The van der Waals surface area contributed by atoms with Gasteiger partial charge in [0.25, 0.3) is 0 Å². The fourth-order valence-corrected chi connectivity index (χ4v) is 4.05. The van der Waals surface area contributed by atoms with Gasteiger partial charge in [0.1, 0.15) is 0 Å². The summed E-state index contributed by atoms with van der Waals surface area (Å²) in [5.74, 6) is 2.95. The fourth-order valence-electron chi connectivity index (χ4n) is 4.05. The number of aryl methyl sites for hydroxylation is 2. The van der Waals surface area contributed by atoms with E-state index < -0.39 is 0 Å². The van der Waals surface area contributed by atoms with Gasteiger partial charge in [0.2, 0.25) is 13.6 Å². The quantitative estimate of drug-likeness (QED) is 0.572. The van der Waals surface area contributed by atoms with E-state index in [2.05, 4.69) is 10.6 Å². The Hall–Kier alpha value is -3.87. The Balaban J connectivity index is 1.33. The summed E-state index contributed by atoms with van der Waals surface area (Å²) in [6.07, 6.45) is 1.26. The van der Waals surface area contributed by atoms with E-state index in [-0.39, 0.29) is 25.7 Å². The van der Waals surface area contributed by atoms with Crippen molar-refractivity contribution in [1.29, 1.82) is 0 Å². The van der Waals surface area contributed by atoms with E-state index in [9.17, 15) is 4.79 Å². The summed E-state index contributed by atoms with van der Waals surface area (Å²) in [5.41, 5.74) is 5.18. The summed E-state index contributed by atoms with van der Waals surface area (Å²) in [6, 6.07) is 17.2. The minimum Gasteiger partial charge on any atom is -0.454 e. The standard InChI is InChI=1S/C26H26N2O5/c1-16-3-6-20(9-17(16)2)27-26(29)28-21(10-18-4-7-22-24(12-18)32-14-30-22)11-19-5-8-23-25(13-19)33-15-31-23/h3-9,12-13,21H,10-11,14-15H2,1-2H3,(H2,27,28,29). The highest BCUT2D eigenvalue weighted by molar-refractivity contribution is 5.89. The number of amides is 2. The lowest BCUT2D eigenvalue weighted by atomic mass is 9.98. The maximum atomic E-state index is 12.9. The van der Waals surface area contributed by atoms with Crippen molar-refractivity contribution < 1.29 is 23.7 Å². The van der Waals surface area contributed by atoms with Crippen LogP contribution in [0.25, 0.3) is 0 Å². The number of benzene rings is 3. The van der Waals surface area contributed by atoms with Gasteiger partial charge >= 0.3 is 6.03 Å². The van der Waals surface area contributed by atoms with Crippen molar-refractivity contribution in [1.82, 2.24) is 5.32 Å². The van der Waals surface area contributed by atoms with Gasteiger partial charge in [0.15, 0.2) is 23.0 Å². The molecule has 2 amide bonds. The zero-order chi connectivity index (χ0) is 22.8. The Kier molecular flexibility index (Phi) is 5.69. The van der Waals surface area contributed by atoms with Crippen molar-refractivity contribution in [3.8, 4) is 23.0 Å². The summed E-state index contributed by atoms with van der Waals surface area (Å²) < 4.78 is 21.9. The molecule has 0 saturated heterocycles. The molecule has 2 aliphatic rings. The number of fused-ring (bicyclic) bond motifs is 2. The molecule has 0 aliphatic carbocycles. The lowest BCUT2D eigenvalue weighted by Crippen LogP contribution is -2.40. The van der Waals surface area contributed by atoms with Crippen LogP contribution in [0, 0.1) is 13.8 Å². The molecule has 0 atom stereocenters. The summed E-state index contributed by atoms with van der Waals surface area (Å²) in [4.78, 5) is 12.9. The Labute approximate surface area is 192 Å². The predicted molar refractivity (Wildman–Crippen MR) is 124 cm³/mol. The third-order valence-electron chi connectivity index (χ3n) is 5.94. The lowest BCUT2D eigenvalue weighted by molar-refractivity contribution is 0.173. The largest absolute Gasteiger partial charge is 0.454 e. The van der Waals surface area contributed by atoms with Gasteiger partial charge in [-0.15, -0.1) is 0 Å². The van der Waals surface area contributed by atoms with Crippen LogP contribution in [0.5, 0.6) is 23.0 Å². The second-order valence-electron chi connectivity index (χ2n) is 8.38. The first-order valence-corrected chi connectivity index (χ1v) is 11.0. The lowest BCUT2D eigenvalue weighted by Gasteiger charge is -2.20. The van der Waals surface area contributed by atoms with Crippen LogP contribution in [0.1, 0.15) is 22.3 Å². The topological polar surface area (TPSA) is 78.1 Å². The van der Waals surface area contributed by atoms with Gasteiger partial charge in [-0.1, -0.05) is 18.2 Å². The number of rotatable bonds is 6. The monoisotopic (exact) mass is 446 g/mol. The molecule has 33 heavy (non-hydrogen) atoms. The molecule has 170 valence electrons. The van der Waals surface area contributed by atoms with Crippen LogP contribution in [0.3, 0.4) is 0 Å². The van der Waals surface area contributed by atoms with Crippen molar-refractivity contribution in [3.05, 3.63) is 76.9 Å². The van der Waals surface area contributed by atoms with E-state index in [1.165, 1.54) is 5.56 Å². The molecular weight excluding hydrogens is 420 g/mol. The molecule has 7 heteroatoms. The molecule has 2 N–H and O–H groups in total. The van der Waals surface area contributed by atoms with Crippen molar-refractivity contribution in [2.24, 2.45) is 0 Å². The maximum absolute atomic E-state index is 12.9. The third kappa shape index (κ3) is 4.82. The fraction of sp³-hybridized carbons (Fsp3) is 0.269. The molecule has 3 aromatic rings. The molecule has 3 aromatic carbocycles. The molecule has 0 unspecified atom stereocenters. The Morgan fingerprint density at radius 3 is 1.91 bits per heavy atom. The molecule has 5 rings (SSSR count). The van der Waals surface area contributed by atoms with Crippen molar-refractivity contribution >= 4 is 11.7 Å². The molecule has 2 heterocycles. The average Bonchev–Trinajstić information content (AvgIpc) is 3.44. The number of carbonyl (C=O) groups excluding carboxylic acids is 1. The molecular formula is C26H26N2O5. The predicted octanol–water partition coefficient (Wildman–Crippen LogP) is 4.74. The zero-order valence-corrected chi connectivity index (χ0v) is 18.6. The third-order valence-corrected chi connectivity index (χ3v) is 5.94. The molecule has 0 saturated carbocycles. The van der Waals surface area contributed by atoms with E-state index in [0.717, 1.165) is 45.4 Å². The molecule has 0 fully saturated rings. The summed E-state index contributed by atoms with van der Waals surface area (Å²) in [6.45, 7) is 4.54. The van der Waals surface area contributed by atoms with Gasteiger partial charge in [-0.25, -0.2) is 4.79 Å². The van der Waals surface area contributed by atoms with Crippen LogP contribution in [0.2, 0.25) is 0 Å². The number of nitrogens with one attached hydrogen (secondary N) is 2. The molecule has 0 spiro atoms. The smallest absolute Gasteiger partial charge is 0.319 e. The highest BCUT2D eigenvalue weighted by Crippen LogP contribution is 2.34. The number of urea groups is 1. The van der Waals surface area contributed by atoms with E-state index >= 15 is 0 Å². The van der Waals surface area contributed by atoms with E-state index in [4.69, 9.17) is 18.9 Å². The van der Waals surface area contributed by atoms with Gasteiger partial charge in [-0.3, -0.25) is 0 Å². The van der Waals surface area contributed by atoms with Crippen LogP contribution < -0.4 is 29.6 Å². The highest BCUT2D eigenvalue weighted by atomic mass is 16.7. The second-order valence-corrected chi connectivity index (χ2v) is 8.38. The van der Waals surface area contributed by atoms with E-state index in [1.807, 2.05) is 68.4 Å². The maximum Gasteiger partial charge on any atom is 0.319 e. The molecule has 0 radical (unpaired) electrons. The van der Waals surface area contributed by atoms with E-state index in [1.54, 1.807) is 0 Å². The second kappa shape index (κ2) is 8.94. The molecule has 7 nitrogen and oxygen atoms in total. The van der Waals surface area contributed by atoms with Crippen LogP contribution >= 0.6 is 0 Å². The summed E-state index contributed by atoms with van der Waals surface area (Å²) in [7, 11) is 0. The summed E-state index contributed by atoms with van der Waals surface area (Å²) in [5, 5.41) is 6.09. The molecule has 0 aromatic heterocycles. The minimum absolute atomic E-state index is 0.155. The number of carbonyl (C=O) groups is 1. The van der Waals surface area contributed by atoms with Crippen LogP contribution in [0.15, 0.2) is 54.6 Å². The van der Waals surface area contributed by atoms with Crippen molar-refractivity contribution in [2.45, 2.75) is 32.7 Å². The van der Waals surface area contributed by atoms with E-state index in [0.29, 0.717) is 12.8 Å². The summed E-state index contributed by atoms with van der Waals surface area (Å²) >= 11 is 0. The van der Waals surface area contributed by atoms with Crippen molar-refractivity contribution in [2.75, 3.05) is 18.9 Å². The van der Waals surface area contributed by atoms with Crippen molar-refractivity contribution in [3.63, 3.8) is 0 Å². The zero-order valence-electron chi connectivity index (χ0n) is 18.6. The van der Waals surface area contributed by atoms with Crippen LogP contribution in [0.4, 0.5) is 10.5 Å². The average molecular weight is 447 g/mol. The minimum atomic E-state index is -0.246. The van der Waals surface area contributed by atoms with Gasteiger partial charge in [0.05, 0.1) is 0 Å². The normalized spacial score (nSPS) is 13.3. The SMILES string of the molecule is Cc1ccc(NC(=O)NC(Cc2ccc3c(c2)OCO3)Cc2ccc3c(c2)OCO3)cc1C. The molecule has 2 aliphatic heterocycles. The first-order chi connectivity index (χ1) is 16.0. The van der Waals surface area contributed by atoms with Gasteiger partial charge in [0, 0.05) is 11.7 Å². The van der Waals surface area contributed by atoms with Crippen LogP contribution in [-0.2, 0) is 12.8 Å². The van der Waals surface area contributed by atoms with Gasteiger partial charge < -0.3 is 29.6 Å². The Morgan fingerprint density at radius 2 is 1.33 bits per heavy atom. The first kappa shape index (κ1) is 21.0. The van der Waals surface area contributed by atoms with Crippen LogP contribution in [-0.4, -0.2) is 25.7 Å².